The highest BCUT2D eigenvalue weighted by Crippen LogP contribution is 2.30. The second kappa shape index (κ2) is 5.42. The Balaban J connectivity index is 1.55. The van der Waals surface area contributed by atoms with Crippen LogP contribution in [0.25, 0.3) is 11.3 Å². The summed E-state index contributed by atoms with van der Waals surface area (Å²) in [5.41, 5.74) is 5.39. The van der Waals surface area contributed by atoms with Crippen LogP contribution in [0.2, 0.25) is 0 Å². The van der Waals surface area contributed by atoms with Gasteiger partial charge in [0, 0.05) is 10.9 Å². The van der Waals surface area contributed by atoms with E-state index in [-0.39, 0.29) is 5.91 Å². The number of rotatable bonds is 3. The van der Waals surface area contributed by atoms with Crippen LogP contribution in [-0.2, 0) is 12.8 Å². The molecule has 0 bridgehead atoms. The summed E-state index contributed by atoms with van der Waals surface area (Å²) in [4.78, 5) is 16.5. The summed E-state index contributed by atoms with van der Waals surface area (Å²) in [6, 6.07) is 8.16. The summed E-state index contributed by atoms with van der Waals surface area (Å²) in [6.07, 6.45) is 6.47. The number of furan rings is 1. The van der Waals surface area contributed by atoms with Crippen molar-refractivity contribution in [2.45, 2.75) is 19.3 Å². The Morgan fingerprint density at radius 1 is 1.23 bits per heavy atom. The molecular formula is C17H14N2O2S. The molecule has 4 rings (SSSR count). The van der Waals surface area contributed by atoms with E-state index < -0.39 is 0 Å². The molecule has 4 nitrogen and oxygen atoms in total. The first kappa shape index (κ1) is 13.3. The van der Waals surface area contributed by atoms with Crippen LogP contribution in [0.3, 0.4) is 0 Å². The van der Waals surface area contributed by atoms with Crippen molar-refractivity contribution in [3.8, 4) is 11.3 Å². The fourth-order valence-corrected chi connectivity index (χ4v) is 3.47. The van der Waals surface area contributed by atoms with E-state index in [1.54, 1.807) is 6.07 Å². The minimum atomic E-state index is -0.205. The number of amides is 1. The monoisotopic (exact) mass is 310 g/mol. The predicted molar refractivity (Wildman–Crippen MR) is 86.2 cm³/mol. The Morgan fingerprint density at radius 2 is 2.14 bits per heavy atom. The molecule has 5 heteroatoms. The maximum atomic E-state index is 12.0. The average molecular weight is 310 g/mol. The lowest BCUT2D eigenvalue weighted by atomic mass is 10.1. The number of carbonyl (C=O) groups is 1. The molecular weight excluding hydrogens is 296 g/mol. The molecule has 0 aliphatic heterocycles. The number of carbonyl (C=O) groups excluding carboxylic acids is 1. The first-order valence-corrected chi connectivity index (χ1v) is 8.09. The van der Waals surface area contributed by atoms with E-state index in [2.05, 4.69) is 28.5 Å². The fourth-order valence-electron chi connectivity index (χ4n) is 2.76. The van der Waals surface area contributed by atoms with Gasteiger partial charge in [0.1, 0.15) is 6.26 Å². The Hall–Kier alpha value is -2.40. The minimum absolute atomic E-state index is 0.205. The quantitative estimate of drug-likeness (QED) is 0.791. The van der Waals surface area contributed by atoms with Gasteiger partial charge in [-0.2, -0.15) is 0 Å². The van der Waals surface area contributed by atoms with Crippen molar-refractivity contribution < 1.29 is 9.21 Å². The molecule has 2 heterocycles. The van der Waals surface area contributed by atoms with Crippen LogP contribution < -0.4 is 5.32 Å². The van der Waals surface area contributed by atoms with Gasteiger partial charge >= 0.3 is 0 Å². The van der Waals surface area contributed by atoms with E-state index in [0.29, 0.717) is 10.7 Å². The van der Waals surface area contributed by atoms with Gasteiger partial charge in [0.05, 0.1) is 17.5 Å². The number of nitrogens with zero attached hydrogens (tertiary/aromatic N) is 1. The van der Waals surface area contributed by atoms with Crippen LogP contribution in [-0.4, -0.2) is 10.9 Å². The minimum Gasteiger partial charge on any atom is -0.472 e. The lowest BCUT2D eigenvalue weighted by Gasteiger charge is -2.02. The molecule has 0 fully saturated rings. The molecule has 1 aromatic carbocycles. The molecule has 0 saturated carbocycles. The second-order valence-corrected chi connectivity index (χ2v) is 6.20. The SMILES string of the molecule is O=C(Nc1nc(-c2ccc3c(c2)CCC3)cs1)c1ccoc1. The Labute approximate surface area is 131 Å². The summed E-state index contributed by atoms with van der Waals surface area (Å²) in [7, 11) is 0. The number of benzene rings is 1. The topological polar surface area (TPSA) is 55.1 Å². The molecule has 0 saturated heterocycles. The zero-order chi connectivity index (χ0) is 14.9. The van der Waals surface area contributed by atoms with Crippen LogP contribution in [0, 0.1) is 0 Å². The van der Waals surface area contributed by atoms with Crippen molar-refractivity contribution in [2.75, 3.05) is 5.32 Å². The first-order chi connectivity index (χ1) is 10.8. The fraction of sp³-hybridized carbons (Fsp3) is 0.176. The molecule has 110 valence electrons. The third kappa shape index (κ3) is 2.44. The second-order valence-electron chi connectivity index (χ2n) is 5.34. The average Bonchev–Trinajstić information content (AvgIpc) is 3.27. The molecule has 0 unspecified atom stereocenters. The van der Waals surface area contributed by atoms with Crippen molar-refractivity contribution in [2.24, 2.45) is 0 Å². The van der Waals surface area contributed by atoms with Crippen molar-refractivity contribution in [1.82, 2.24) is 4.98 Å². The molecule has 2 aromatic heterocycles. The van der Waals surface area contributed by atoms with Gasteiger partial charge in [-0.3, -0.25) is 10.1 Å². The van der Waals surface area contributed by atoms with Crippen LogP contribution in [0.5, 0.6) is 0 Å². The van der Waals surface area contributed by atoms with Crippen molar-refractivity contribution >= 4 is 22.4 Å². The lowest BCUT2D eigenvalue weighted by molar-refractivity contribution is 0.102. The van der Waals surface area contributed by atoms with Crippen molar-refractivity contribution in [3.63, 3.8) is 0 Å². The van der Waals surface area contributed by atoms with Gasteiger partial charge in [0.25, 0.3) is 5.91 Å². The molecule has 22 heavy (non-hydrogen) atoms. The van der Waals surface area contributed by atoms with Gasteiger partial charge in [0.15, 0.2) is 5.13 Å². The molecule has 1 N–H and O–H groups in total. The van der Waals surface area contributed by atoms with Gasteiger partial charge in [-0.05, 0) is 42.5 Å². The highest BCUT2D eigenvalue weighted by Gasteiger charge is 2.14. The largest absolute Gasteiger partial charge is 0.472 e. The van der Waals surface area contributed by atoms with Crippen LogP contribution in [0.15, 0.2) is 46.6 Å². The van der Waals surface area contributed by atoms with E-state index in [4.69, 9.17) is 4.42 Å². The van der Waals surface area contributed by atoms with E-state index in [0.717, 1.165) is 17.7 Å². The highest BCUT2D eigenvalue weighted by atomic mass is 32.1. The smallest absolute Gasteiger partial charge is 0.260 e. The normalized spacial score (nSPS) is 13.1. The summed E-state index contributed by atoms with van der Waals surface area (Å²) in [6.45, 7) is 0. The van der Waals surface area contributed by atoms with Crippen LogP contribution in [0.1, 0.15) is 27.9 Å². The number of hydrogen-bond acceptors (Lipinski definition) is 4. The first-order valence-electron chi connectivity index (χ1n) is 7.21. The molecule has 0 radical (unpaired) electrons. The summed E-state index contributed by atoms with van der Waals surface area (Å²) < 4.78 is 4.91. The van der Waals surface area contributed by atoms with E-state index in [9.17, 15) is 4.79 Å². The molecule has 0 atom stereocenters. The Morgan fingerprint density at radius 3 is 3.00 bits per heavy atom. The number of thiazole rings is 1. The molecule has 0 spiro atoms. The third-order valence-electron chi connectivity index (χ3n) is 3.90. The Kier molecular flexibility index (Phi) is 3.27. The van der Waals surface area contributed by atoms with Gasteiger partial charge in [-0.1, -0.05) is 12.1 Å². The van der Waals surface area contributed by atoms with Crippen LogP contribution in [0.4, 0.5) is 5.13 Å². The highest BCUT2D eigenvalue weighted by molar-refractivity contribution is 7.14. The maximum Gasteiger partial charge on any atom is 0.260 e. The van der Waals surface area contributed by atoms with Crippen molar-refractivity contribution in [1.29, 1.82) is 0 Å². The third-order valence-corrected chi connectivity index (χ3v) is 4.66. The standard InChI is InChI=1S/C17H14N2O2S/c20-16(14-6-7-21-9-14)19-17-18-15(10-22-17)13-5-4-11-2-1-3-12(11)8-13/h4-10H,1-3H2,(H,18,19,20). The number of aryl methyl sites for hydroxylation is 2. The summed E-state index contributed by atoms with van der Waals surface area (Å²) >= 11 is 1.43. The maximum absolute atomic E-state index is 12.0. The predicted octanol–water partition coefficient (Wildman–Crippen LogP) is 4.14. The number of anilines is 1. The van der Waals surface area contributed by atoms with E-state index in [1.165, 1.54) is 47.8 Å². The lowest BCUT2D eigenvalue weighted by Crippen LogP contribution is -2.10. The summed E-state index contributed by atoms with van der Waals surface area (Å²) in [5.74, 6) is -0.205. The van der Waals surface area contributed by atoms with E-state index in [1.807, 2.05) is 5.38 Å². The zero-order valence-corrected chi connectivity index (χ0v) is 12.7. The molecule has 1 aliphatic carbocycles. The summed E-state index contributed by atoms with van der Waals surface area (Å²) in [5, 5.41) is 5.37. The number of nitrogens with one attached hydrogen (secondary N) is 1. The molecule has 1 aliphatic rings. The zero-order valence-electron chi connectivity index (χ0n) is 11.8. The van der Waals surface area contributed by atoms with Gasteiger partial charge < -0.3 is 4.42 Å². The number of aromatic nitrogens is 1. The van der Waals surface area contributed by atoms with Gasteiger partial charge in [-0.15, -0.1) is 11.3 Å². The van der Waals surface area contributed by atoms with Crippen LogP contribution >= 0.6 is 11.3 Å². The molecule has 3 aromatic rings. The number of fused-ring (bicyclic) bond motifs is 1. The van der Waals surface area contributed by atoms with Crippen molar-refractivity contribution in [3.05, 3.63) is 58.9 Å². The van der Waals surface area contributed by atoms with E-state index >= 15 is 0 Å². The Bertz CT molecular complexity index is 821. The van der Waals surface area contributed by atoms with Gasteiger partial charge in [0.2, 0.25) is 0 Å². The number of hydrogen-bond donors (Lipinski definition) is 1. The van der Waals surface area contributed by atoms with Gasteiger partial charge in [-0.25, -0.2) is 4.98 Å². The molecule has 1 amide bonds.